The van der Waals surface area contributed by atoms with Crippen LogP contribution in [0.1, 0.15) is 12.5 Å². The number of alkyl halides is 3. The predicted octanol–water partition coefficient (Wildman–Crippen LogP) is 3.38. The molecule has 1 aromatic heterocycles. The molecule has 0 unspecified atom stereocenters. The van der Waals surface area contributed by atoms with Gasteiger partial charge in [-0.2, -0.15) is 13.2 Å². The third-order valence-corrected chi connectivity index (χ3v) is 4.31. The molecule has 1 saturated heterocycles. The Hall–Kier alpha value is -2.79. The summed E-state index contributed by atoms with van der Waals surface area (Å²) in [5, 5.41) is 3.08. The van der Waals surface area contributed by atoms with E-state index in [9.17, 15) is 13.2 Å². The molecule has 0 saturated carbocycles. The number of nitrogens with zero attached hydrogens (tertiary/aromatic N) is 4. The Balaban J connectivity index is 1.70. The predicted molar refractivity (Wildman–Crippen MR) is 98.9 cm³/mol. The van der Waals surface area contributed by atoms with Gasteiger partial charge in [0, 0.05) is 44.3 Å². The molecule has 0 radical (unpaired) electrons. The molecule has 1 fully saturated rings. The molecule has 1 N–H and O–H groups in total. The molecule has 1 aromatic carbocycles. The topological polar surface area (TPSA) is 44.3 Å². The summed E-state index contributed by atoms with van der Waals surface area (Å²) in [4.78, 5) is 13.1. The van der Waals surface area contributed by atoms with Crippen LogP contribution in [0, 0.1) is 11.8 Å². The lowest BCUT2D eigenvalue weighted by Gasteiger charge is -2.34. The molecule has 1 aliphatic rings. The van der Waals surface area contributed by atoms with E-state index in [4.69, 9.17) is 0 Å². The van der Waals surface area contributed by atoms with Gasteiger partial charge in [0.05, 0.1) is 12.1 Å². The van der Waals surface area contributed by atoms with Gasteiger partial charge < -0.3 is 10.2 Å². The minimum Gasteiger partial charge on any atom is -0.351 e. The lowest BCUT2D eigenvalue weighted by Crippen LogP contribution is -2.47. The van der Waals surface area contributed by atoms with Crippen molar-refractivity contribution in [3.63, 3.8) is 0 Å². The van der Waals surface area contributed by atoms with Gasteiger partial charge in [-0.25, -0.2) is 9.97 Å². The van der Waals surface area contributed by atoms with E-state index < -0.39 is 11.7 Å². The van der Waals surface area contributed by atoms with Crippen LogP contribution in [0.3, 0.4) is 0 Å². The maximum absolute atomic E-state index is 12.7. The van der Waals surface area contributed by atoms with Gasteiger partial charge in [0.1, 0.15) is 0 Å². The van der Waals surface area contributed by atoms with Crippen molar-refractivity contribution in [3.05, 3.63) is 42.2 Å². The zero-order chi connectivity index (χ0) is 19.3. The van der Waals surface area contributed by atoms with Crippen LogP contribution in [0.25, 0.3) is 0 Å². The molecule has 8 heteroatoms. The Bertz CT molecular complexity index is 816. The van der Waals surface area contributed by atoms with E-state index >= 15 is 0 Å². The van der Waals surface area contributed by atoms with E-state index in [0.29, 0.717) is 17.3 Å². The highest BCUT2D eigenvalue weighted by Crippen LogP contribution is 2.31. The first-order chi connectivity index (χ1) is 13.0. The number of nitrogens with one attached hydrogen (secondary N) is 1. The van der Waals surface area contributed by atoms with Crippen LogP contribution >= 0.6 is 0 Å². The summed E-state index contributed by atoms with van der Waals surface area (Å²) in [6, 6.07) is 4.88. The second-order valence-electron chi connectivity index (χ2n) is 6.12. The van der Waals surface area contributed by atoms with Gasteiger partial charge in [-0.15, -0.1) is 5.92 Å². The average Bonchev–Trinajstić information content (AvgIpc) is 2.67. The van der Waals surface area contributed by atoms with Crippen molar-refractivity contribution in [1.29, 1.82) is 0 Å². The number of halogens is 3. The van der Waals surface area contributed by atoms with Crippen molar-refractivity contribution in [2.75, 3.05) is 42.9 Å². The third kappa shape index (κ3) is 4.89. The van der Waals surface area contributed by atoms with Gasteiger partial charge in [-0.1, -0.05) is 5.92 Å². The van der Waals surface area contributed by atoms with E-state index in [2.05, 4.69) is 36.9 Å². The molecular formula is C19H20F3N5. The fraction of sp³-hybridized carbons (Fsp3) is 0.368. The Morgan fingerprint density at radius 1 is 1.04 bits per heavy atom. The number of piperazine rings is 1. The van der Waals surface area contributed by atoms with Gasteiger partial charge in [0.2, 0.25) is 0 Å². The fourth-order valence-electron chi connectivity index (χ4n) is 2.84. The first-order valence-corrected chi connectivity index (χ1v) is 8.59. The molecule has 0 spiro atoms. The van der Waals surface area contributed by atoms with Gasteiger partial charge >= 0.3 is 6.18 Å². The Morgan fingerprint density at radius 2 is 1.70 bits per heavy atom. The van der Waals surface area contributed by atoms with Crippen molar-refractivity contribution < 1.29 is 13.2 Å². The maximum Gasteiger partial charge on any atom is 0.416 e. The molecule has 2 aromatic rings. The first-order valence-electron chi connectivity index (χ1n) is 8.59. The Morgan fingerprint density at radius 3 is 2.33 bits per heavy atom. The van der Waals surface area contributed by atoms with Crippen LogP contribution in [0.5, 0.6) is 0 Å². The fourth-order valence-corrected chi connectivity index (χ4v) is 2.84. The van der Waals surface area contributed by atoms with Crippen LogP contribution < -0.4 is 10.2 Å². The molecule has 0 bridgehead atoms. The summed E-state index contributed by atoms with van der Waals surface area (Å²) >= 11 is 0. The average molecular weight is 375 g/mol. The lowest BCUT2D eigenvalue weighted by molar-refractivity contribution is -0.137. The van der Waals surface area contributed by atoms with Gasteiger partial charge in [-0.3, -0.25) is 4.90 Å². The number of aromatic nitrogens is 2. The van der Waals surface area contributed by atoms with Crippen molar-refractivity contribution in [2.45, 2.75) is 13.1 Å². The van der Waals surface area contributed by atoms with Crippen molar-refractivity contribution in [3.8, 4) is 11.8 Å². The van der Waals surface area contributed by atoms with Crippen LogP contribution in [-0.2, 0) is 6.18 Å². The molecular weight excluding hydrogens is 355 g/mol. The minimum atomic E-state index is -4.35. The first kappa shape index (κ1) is 19.0. The molecule has 3 rings (SSSR count). The molecule has 2 heterocycles. The summed E-state index contributed by atoms with van der Waals surface area (Å²) in [6.07, 6.45) is -1.18. The SMILES string of the molecule is CC#CCN1CCN(c2nccnc2Nc2ccc(C(F)(F)F)cc2)CC1. The van der Waals surface area contributed by atoms with Gasteiger partial charge in [0.15, 0.2) is 11.6 Å². The second kappa shape index (κ2) is 8.27. The molecule has 27 heavy (non-hydrogen) atoms. The zero-order valence-electron chi connectivity index (χ0n) is 14.9. The molecule has 1 aliphatic heterocycles. The Labute approximate surface area is 156 Å². The number of hydrogen-bond acceptors (Lipinski definition) is 5. The van der Waals surface area contributed by atoms with Crippen molar-refractivity contribution in [1.82, 2.24) is 14.9 Å². The third-order valence-electron chi connectivity index (χ3n) is 4.31. The number of benzene rings is 1. The molecule has 0 atom stereocenters. The summed E-state index contributed by atoms with van der Waals surface area (Å²) in [6.45, 7) is 5.88. The summed E-state index contributed by atoms with van der Waals surface area (Å²) in [5.41, 5.74) is -0.152. The van der Waals surface area contributed by atoms with Crippen LogP contribution in [0.2, 0.25) is 0 Å². The van der Waals surface area contributed by atoms with Crippen molar-refractivity contribution in [2.24, 2.45) is 0 Å². The zero-order valence-corrected chi connectivity index (χ0v) is 14.9. The van der Waals surface area contributed by atoms with E-state index in [1.807, 2.05) is 6.92 Å². The molecule has 0 amide bonds. The monoisotopic (exact) mass is 375 g/mol. The number of hydrogen-bond donors (Lipinski definition) is 1. The van der Waals surface area contributed by atoms with Crippen molar-refractivity contribution >= 4 is 17.3 Å². The summed E-state index contributed by atoms with van der Waals surface area (Å²) < 4.78 is 38.1. The van der Waals surface area contributed by atoms with Crippen LogP contribution in [-0.4, -0.2) is 47.6 Å². The van der Waals surface area contributed by atoms with Gasteiger partial charge in [0.25, 0.3) is 0 Å². The standard InChI is InChI=1S/C19H20F3N5/c1-2-3-10-26-11-13-27(14-12-26)18-17(23-8-9-24-18)25-16-6-4-15(5-7-16)19(20,21)22/h4-9H,10-14H2,1H3,(H,23,25). The number of rotatable bonds is 4. The highest BCUT2D eigenvalue weighted by molar-refractivity contribution is 5.68. The van der Waals surface area contributed by atoms with E-state index in [1.165, 1.54) is 12.1 Å². The van der Waals surface area contributed by atoms with E-state index in [0.717, 1.165) is 44.9 Å². The number of anilines is 3. The quantitative estimate of drug-likeness (QED) is 0.830. The van der Waals surface area contributed by atoms with Crippen LogP contribution in [0.4, 0.5) is 30.5 Å². The summed E-state index contributed by atoms with van der Waals surface area (Å²) in [7, 11) is 0. The molecule has 5 nitrogen and oxygen atoms in total. The summed E-state index contributed by atoms with van der Waals surface area (Å²) in [5.74, 6) is 7.19. The molecule has 142 valence electrons. The normalized spacial score (nSPS) is 15.2. The van der Waals surface area contributed by atoms with Crippen LogP contribution in [0.15, 0.2) is 36.7 Å². The Kier molecular flexibility index (Phi) is 5.81. The highest BCUT2D eigenvalue weighted by Gasteiger charge is 2.30. The minimum absolute atomic E-state index is 0.527. The lowest BCUT2D eigenvalue weighted by atomic mass is 10.2. The van der Waals surface area contributed by atoms with E-state index in [-0.39, 0.29) is 0 Å². The maximum atomic E-state index is 12.7. The van der Waals surface area contributed by atoms with Gasteiger partial charge in [-0.05, 0) is 31.2 Å². The smallest absolute Gasteiger partial charge is 0.351 e. The highest BCUT2D eigenvalue weighted by atomic mass is 19.4. The molecule has 0 aliphatic carbocycles. The second-order valence-corrected chi connectivity index (χ2v) is 6.12. The largest absolute Gasteiger partial charge is 0.416 e. The van der Waals surface area contributed by atoms with E-state index in [1.54, 1.807) is 12.4 Å².